The first kappa shape index (κ1) is 12.9. The molecule has 0 bridgehead atoms. The summed E-state index contributed by atoms with van der Waals surface area (Å²) >= 11 is 0. The van der Waals surface area contributed by atoms with Crippen molar-refractivity contribution in [2.45, 2.75) is 31.6 Å². The number of aromatic amines is 2. The maximum Gasteiger partial charge on any atom is 0.232 e. The standard InChI is InChI=1S/C16H19N7/c1-2-9(1)8-18-15-11-5-6-17-14(11)20-16(21-15)19-13-7-12(22-23-13)10-3-4-10/h5-7,9-10H,1-4,8H2,(H4,17,18,19,20,21,22,23). The number of hydrogen-bond donors (Lipinski definition) is 4. The molecule has 0 unspecified atom stereocenters. The fraction of sp³-hybridized carbons (Fsp3) is 0.438. The molecule has 5 rings (SSSR count). The minimum Gasteiger partial charge on any atom is -0.369 e. The smallest absolute Gasteiger partial charge is 0.232 e. The van der Waals surface area contributed by atoms with E-state index < -0.39 is 0 Å². The van der Waals surface area contributed by atoms with E-state index in [1.54, 1.807) is 0 Å². The molecule has 0 spiro atoms. The van der Waals surface area contributed by atoms with Crippen LogP contribution in [0.5, 0.6) is 0 Å². The van der Waals surface area contributed by atoms with Gasteiger partial charge in [0.15, 0.2) is 5.82 Å². The average molecular weight is 309 g/mol. The first-order valence-electron chi connectivity index (χ1n) is 8.26. The van der Waals surface area contributed by atoms with Gasteiger partial charge >= 0.3 is 0 Å². The van der Waals surface area contributed by atoms with Gasteiger partial charge in [0.25, 0.3) is 0 Å². The van der Waals surface area contributed by atoms with E-state index in [4.69, 9.17) is 0 Å². The molecule has 0 saturated heterocycles. The molecule has 7 nitrogen and oxygen atoms in total. The summed E-state index contributed by atoms with van der Waals surface area (Å²) in [5, 5.41) is 15.1. The van der Waals surface area contributed by atoms with Gasteiger partial charge in [-0.3, -0.25) is 5.10 Å². The van der Waals surface area contributed by atoms with Crippen molar-refractivity contribution in [1.29, 1.82) is 0 Å². The van der Waals surface area contributed by atoms with E-state index >= 15 is 0 Å². The zero-order chi connectivity index (χ0) is 15.2. The SMILES string of the molecule is c1cc2c(NCC3CC3)nc(Nc3cc(C4CC4)[nH]n3)nc2[nH]1. The Labute approximate surface area is 133 Å². The Kier molecular flexibility index (Phi) is 2.79. The molecule has 2 fully saturated rings. The Morgan fingerprint density at radius 3 is 2.91 bits per heavy atom. The Hall–Kier alpha value is -2.57. The lowest BCUT2D eigenvalue weighted by atomic mass is 10.3. The van der Waals surface area contributed by atoms with Crippen LogP contribution in [-0.4, -0.2) is 31.7 Å². The molecule has 0 radical (unpaired) electrons. The molecule has 0 aromatic carbocycles. The third-order valence-corrected chi connectivity index (χ3v) is 4.53. The van der Waals surface area contributed by atoms with Crippen LogP contribution in [0, 0.1) is 5.92 Å². The number of fused-ring (bicyclic) bond motifs is 1. The first-order valence-corrected chi connectivity index (χ1v) is 8.26. The quantitative estimate of drug-likeness (QED) is 0.561. The Bertz CT molecular complexity index is 841. The second kappa shape index (κ2) is 4.97. The predicted octanol–water partition coefficient (Wildman–Crippen LogP) is 3.12. The molecule has 0 amide bonds. The highest BCUT2D eigenvalue weighted by Crippen LogP contribution is 2.39. The van der Waals surface area contributed by atoms with E-state index in [9.17, 15) is 0 Å². The van der Waals surface area contributed by atoms with Crippen molar-refractivity contribution in [2.24, 2.45) is 5.92 Å². The van der Waals surface area contributed by atoms with E-state index in [1.165, 1.54) is 31.4 Å². The lowest BCUT2D eigenvalue weighted by molar-refractivity contribution is 0.884. The van der Waals surface area contributed by atoms with E-state index in [0.717, 1.165) is 35.1 Å². The van der Waals surface area contributed by atoms with Crippen LogP contribution in [0.15, 0.2) is 18.3 Å². The van der Waals surface area contributed by atoms with E-state index in [1.807, 2.05) is 12.3 Å². The zero-order valence-electron chi connectivity index (χ0n) is 12.8. The van der Waals surface area contributed by atoms with Crippen LogP contribution < -0.4 is 10.6 Å². The summed E-state index contributed by atoms with van der Waals surface area (Å²) in [7, 11) is 0. The molecule has 4 N–H and O–H groups in total. The largest absolute Gasteiger partial charge is 0.369 e. The molecular weight excluding hydrogens is 290 g/mol. The van der Waals surface area contributed by atoms with Crippen molar-refractivity contribution in [2.75, 3.05) is 17.2 Å². The molecule has 118 valence electrons. The van der Waals surface area contributed by atoms with Crippen LogP contribution in [0.25, 0.3) is 11.0 Å². The summed E-state index contributed by atoms with van der Waals surface area (Å²) in [5.74, 6) is 3.66. The lowest BCUT2D eigenvalue weighted by Gasteiger charge is -2.08. The second-order valence-corrected chi connectivity index (χ2v) is 6.57. The summed E-state index contributed by atoms with van der Waals surface area (Å²) in [6, 6.07) is 4.06. The van der Waals surface area contributed by atoms with Crippen LogP contribution in [-0.2, 0) is 0 Å². The minimum atomic E-state index is 0.562. The van der Waals surface area contributed by atoms with Crippen molar-refractivity contribution >= 4 is 28.6 Å². The third kappa shape index (κ3) is 2.62. The predicted molar refractivity (Wildman–Crippen MR) is 88.9 cm³/mol. The Morgan fingerprint density at radius 2 is 2.09 bits per heavy atom. The Balaban J connectivity index is 1.42. The van der Waals surface area contributed by atoms with Gasteiger partial charge < -0.3 is 15.6 Å². The number of nitrogens with zero attached hydrogens (tertiary/aromatic N) is 3. The van der Waals surface area contributed by atoms with Gasteiger partial charge in [-0.05, 0) is 37.7 Å². The van der Waals surface area contributed by atoms with Crippen molar-refractivity contribution in [1.82, 2.24) is 25.1 Å². The molecule has 7 heteroatoms. The van der Waals surface area contributed by atoms with Crippen LogP contribution in [0.2, 0.25) is 0 Å². The van der Waals surface area contributed by atoms with Crippen LogP contribution in [0.1, 0.15) is 37.3 Å². The molecule has 2 aliphatic carbocycles. The van der Waals surface area contributed by atoms with Gasteiger partial charge in [-0.25, -0.2) is 0 Å². The fourth-order valence-corrected chi connectivity index (χ4v) is 2.81. The summed E-state index contributed by atoms with van der Waals surface area (Å²) in [5.41, 5.74) is 2.03. The van der Waals surface area contributed by atoms with Gasteiger partial charge in [0, 0.05) is 30.4 Å². The monoisotopic (exact) mass is 309 g/mol. The molecule has 23 heavy (non-hydrogen) atoms. The molecule has 2 aliphatic rings. The number of aromatic nitrogens is 5. The molecule has 3 aromatic rings. The molecule has 3 heterocycles. The van der Waals surface area contributed by atoms with Crippen molar-refractivity contribution < 1.29 is 0 Å². The summed E-state index contributed by atoms with van der Waals surface area (Å²) in [4.78, 5) is 12.3. The van der Waals surface area contributed by atoms with Crippen molar-refractivity contribution in [3.8, 4) is 0 Å². The fourth-order valence-electron chi connectivity index (χ4n) is 2.81. The van der Waals surface area contributed by atoms with Crippen molar-refractivity contribution in [3.63, 3.8) is 0 Å². The van der Waals surface area contributed by atoms with Crippen LogP contribution in [0.4, 0.5) is 17.6 Å². The van der Waals surface area contributed by atoms with E-state index in [-0.39, 0.29) is 0 Å². The molecule has 3 aromatic heterocycles. The summed E-state index contributed by atoms with van der Waals surface area (Å²) in [6.07, 6.45) is 7.03. The van der Waals surface area contributed by atoms with E-state index in [2.05, 4.69) is 41.8 Å². The van der Waals surface area contributed by atoms with Gasteiger partial charge in [-0.2, -0.15) is 15.1 Å². The number of anilines is 3. The minimum absolute atomic E-state index is 0.562. The van der Waals surface area contributed by atoms with Gasteiger partial charge in [0.05, 0.1) is 5.39 Å². The Morgan fingerprint density at radius 1 is 1.17 bits per heavy atom. The van der Waals surface area contributed by atoms with Gasteiger partial charge in [-0.15, -0.1) is 0 Å². The maximum atomic E-state index is 4.63. The number of nitrogens with one attached hydrogen (secondary N) is 4. The highest BCUT2D eigenvalue weighted by molar-refractivity contribution is 5.88. The topological polar surface area (TPSA) is 94.3 Å². The lowest BCUT2D eigenvalue weighted by Crippen LogP contribution is -2.07. The first-order chi connectivity index (χ1) is 11.3. The maximum absolute atomic E-state index is 4.63. The number of H-pyrrole nitrogens is 2. The third-order valence-electron chi connectivity index (χ3n) is 4.53. The average Bonchev–Trinajstić information content (AvgIpc) is 3.47. The molecule has 0 aliphatic heterocycles. The van der Waals surface area contributed by atoms with Crippen molar-refractivity contribution in [3.05, 3.63) is 24.0 Å². The second-order valence-electron chi connectivity index (χ2n) is 6.57. The van der Waals surface area contributed by atoms with E-state index in [0.29, 0.717) is 11.9 Å². The number of hydrogen-bond acceptors (Lipinski definition) is 5. The van der Waals surface area contributed by atoms with Gasteiger partial charge in [0.1, 0.15) is 11.5 Å². The summed E-state index contributed by atoms with van der Waals surface area (Å²) in [6.45, 7) is 0.977. The van der Waals surface area contributed by atoms with Crippen LogP contribution >= 0.6 is 0 Å². The number of rotatable bonds is 6. The molecule has 0 atom stereocenters. The highest BCUT2D eigenvalue weighted by Gasteiger charge is 2.25. The molecule has 2 saturated carbocycles. The van der Waals surface area contributed by atoms with Crippen LogP contribution in [0.3, 0.4) is 0 Å². The summed E-state index contributed by atoms with van der Waals surface area (Å²) < 4.78 is 0. The normalized spacial score (nSPS) is 17.6. The molecular formula is C16H19N7. The van der Waals surface area contributed by atoms with Gasteiger partial charge in [-0.1, -0.05) is 0 Å². The zero-order valence-corrected chi connectivity index (χ0v) is 12.8. The highest BCUT2D eigenvalue weighted by atomic mass is 15.2. The van der Waals surface area contributed by atoms with Gasteiger partial charge in [0.2, 0.25) is 5.95 Å².